The van der Waals surface area contributed by atoms with Crippen molar-refractivity contribution >= 4 is 17.3 Å². The van der Waals surface area contributed by atoms with Crippen molar-refractivity contribution in [3.63, 3.8) is 0 Å². The van der Waals surface area contributed by atoms with Crippen molar-refractivity contribution < 1.29 is 0 Å². The summed E-state index contributed by atoms with van der Waals surface area (Å²) in [6, 6.07) is 8.11. The van der Waals surface area contributed by atoms with Gasteiger partial charge in [-0.15, -0.1) is 0 Å². The monoisotopic (exact) mass is 279 g/mol. The Bertz CT molecular complexity index is 437. The summed E-state index contributed by atoms with van der Waals surface area (Å²) in [4.78, 5) is 4.88. The number of hydrogen-bond acceptors (Lipinski definition) is 3. The molecular weight excluding hydrogens is 258 g/mol. The Morgan fingerprint density at radius 3 is 2.37 bits per heavy atom. The minimum Gasteiger partial charge on any atom is -0.368 e. The second-order valence-electron chi connectivity index (χ2n) is 5.93. The molecule has 1 aliphatic heterocycles. The third-order valence-electron chi connectivity index (χ3n) is 4.45. The Hall–Kier alpha value is -0.770. The van der Waals surface area contributed by atoms with E-state index in [9.17, 15) is 0 Å². The van der Waals surface area contributed by atoms with Crippen LogP contribution in [0.5, 0.6) is 0 Å². The molecule has 2 fully saturated rings. The van der Waals surface area contributed by atoms with Crippen molar-refractivity contribution in [3.05, 3.63) is 29.3 Å². The lowest BCUT2D eigenvalue weighted by atomic mass is 9.77. The van der Waals surface area contributed by atoms with Crippen LogP contribution in [0.25, 0.3) is 0 Å². The quantitative estimate of drug-likeness (QED) is 0.922. The summed E-state index contributed by atoms with van der Waals surface area (Å²) in [6.45, 7) is 5.32. The highest BCUT2D eigenvalue weighted by atomic mass is 35.5. The number of para-hydroxylation sites is 1. The number of nitrogens with two attached hydrogens (primary N) is 1. The SMILES string of the molecule is NC1(CN2CCN(c3ccccc3Cl)CC2)CCC1. The van der Waals surface area contributed by atoms with Crippen LogP contribution >= 0.6 is 11.6 Å². The first kappa shape index (κ1) is 13.2. The largest absolute Gasteiger partial charge is 0.368 e. The lowest BCUT2D eigenvalue weighted by molar-refractivity contribution is 0.139. The van der Waals surface area contributed by atoms with Gasteiger partial charge in [0.2, 0.25) is 0 Å². The van der Waals surface area contributed by atoms with Crippen LogP contribution in [0.4, 0.5) is 5.69 Å². The minimum atomic E-state index is 0.104. The summed E-state index contributed by atoms with van der Waals surface area (Å²) < 4.78 is 0. The zero-order valence-electron chi connectivity index (χ0n) is 11.3. The summed E-state index contributed by atoms with van der Waals surface area (Å²) in [6.07, 6.45) is 3.69. The van der Waals surface area contributed by atoms with Gasteiger partial charge in [-0.25, -0.2) is 0 Å². The highest BCUT2D eigenvalue weighted by Crippen LogP contribution is 2.31. The molecule has 0 spiro atoms. The topological polar surface area (TPSA) is 32.5 Å². The molecule has 1 aromatic rings. The van der Waals surface area contributed by atoms with Crippen LogP contribution in [0.15, 0.2) is 24.3 Å². The molecule has 1 saturated heterocycles. The summed E-state index contributed by atoms with van der Waals surface area (Å²) in [5.74, 6) is 0. The number of benzene rings is 1. The molecular formula is C15H22ClN3. The molecule has 0 bridgehead atoms. The summed E-state index contributed by atoms with van der Waals surface area (Å²) >= 11 is 6.26. The number of rotatable bonds is 3. The average molecular weight is 280 g/mol. The van der Waals surface area contributed by atoms with E-state index in [0.29, 0.717) is 0 Å². The van der Waals surface area contributed by atoms with Gasteiger partial charge in [0, 0.05) is 38.3 Å². The Kier molecular flexibility index (Phi) is 3.70. The molecule has 0 atom stereocenters. The fourth-order valence-corrected chi connectivity index (χ4v) is 3.34. The van der Waals surface area contributed by atoms with E-state index in [1.54, 1.807) is 0 Å². The Morgan fingerprint density at radius 1 is 1.11 bits per heavy atom. The Labute approximate surface area is 120 Å². The van der Waals surface area contributed by atoms with Crippen LogP contribution in [-0.2, 0) is 0 Å². The zero-order valence-corrected chi connectivity index (χ0v) is 12.1. The number of nitrogens with zero attached hydrogens (tertiary/aromatic N) is 2. The summed E-state index contributed by atoms with van der Waals surface area (Å²) in [5, 5.41) is 0.852. The van der Waals surface area contributed by atoms with Crippen molar-refractivity contribution in [1.29, 1.82) is 0 Å². The van der Waals surface area contributed by atoms with Gasteiger partial charge in [0.25, 0.3) is 0 Å². The molecule has 0 radical (unpaired) electrons. The number of piperazine rings is 1. The molecule has 104 valence electrons. The van der Waals surface area contributed by atoms with Crippen LogP contribution in [0.2, 0.25) is 5.02 Å². The molecule has 0 aromatic heterocycles. The highest BCUT2D eigenvalue weighted by molar-refractivity contribution is 6.33. The lowest BCUT2D eigenvalue weighted by Crippen LogP contribution is -2.58. The smallest absolute Gasteiger partial charge is 0.0639 e. The first-order valence-electron chi connectivity index (χ1n) is 7.17. The first-order valence-corrected chi connectivity index (χ1v) is 7.55. The molecule has 1 aliphatic carbocycles. The second-order valence-corrected chi connectivity index (χ2v) is 6.34. The molecule has 3 rings (SSSR count). The fraction of sp³-hybridized carbons (Fsp3) is 0.600. The highest BCUT2D eigenvalue weighted by Gasteiger charge is 2.35. The van der Waals surface area contributed by atoms with E-state index in [4.69, 9.17) is 17.3 Å². The summed E-state index contributed by atoms with van der Waals surface area (Å²) in [5.41, 5.74) is 7.59. The molecule has 1 heterocycles. The number of anilines is 1. The third kappa shape index (κ3) is 2.88. The van der Waals surface area contributed by atoms with Gasteiger partial charge in [-0.05, 0) is 31.4 Å². The maximum atomic E-state index is 6.33. The predicted molar refractivity (Wildman–Crippen MR) is 80.9 cm³/mol. The van der Waals surface area contributed by atoms with Gasteiger partial charge < -0.3 is 10.6 Å². The average Bonchev–Trinajstić information content (AvgIpc) is 2.39. The van der Waals surface area contributed by atoms with Gasteiger partial charge in [-0.2, -0.15) is 0 Å². The van der Waals surface area contributed by atoms with Gasteiger partial charge in [0.15, 0.2) is 0 Å². The molecule has 19 heavy (non-hydrogen) atoms. The number of hydrogen-bond donors (Lipinski definition) is 1. The van der Waals surface area contributed by atoms with Gasteiger partial charge in [0.1, 0.15) is 0 Å². The van der Waals surface area contributed by atoms with E-state index in [1.165, 1.54) is 19.3 Å². The van der Waals surface area contributed by atoms with Crippen LogP contribution in [0, 0.1) is 0 Å². The van der Waals surface area contributed by atoms with Gasteiger partial charge in [0.05, 0.1) is 10.7 Å². The van der Waals surface area contributed by atoms with Crippen molar-refractivity contribution in [2.75, 3.05) is 37.6 Å². The Balaban J connectivity index is 1.56. The van der Waals surface area contributed by atoms with Crippen molar-refractivity contribution in [3.8, 4) is 0 Å². The molecule has 3 nitrogen and oxygen atoms in total. The molecule has 2 aliphatic rings. The van der Waals surface area contributed by atoms with Crippen LogP contribution < -0.4 is 10.6 Å². The van der Waals surface area contributed by atoms with Crippen LogP contribution in [-0.4, -0.2) is 43.2 Å². The first-order chi connectivity index (χ1) is 9.16. The van der Waals surface area contributed by atoms with Gasteiger partial charge in [-0.1, -0.05) is 23.7 Å². The van der Waals surface area contributed by atoms with Crippen LogP contribution in [0.1, 0.15) is 19.3 Å². The minimum absolute atomic E-state index is 0.104. The normalized spacial score (nSPS) is 23.2. The maximum absolute atomic E-state index is 6.33. The van der Waals surface area contributed by atoms with Crippen LogP contribution in [0.3, 0.4) is 0 Å². The third-order valence-corrected chi connectivity index (χ3v) is 4.77. The Morgan fingerprint density at radius 2 is 1.79 bits per heavy atom. The molecule has 0 amide bonds. The van der Waals surface area contributed by atoms with E-state index in [1.807, 2.05) is 12.1 Å². The molecule has 2 N–H and O–H groups in total. The van der Waals surface area contributed by atoms with E-state index >= 15 is 0 Å². The molecule has 0 unspecified atom stereocenters. The predicted octanol–water partition coefficient (Wildman–Crippen LogP) is 2.34. The zero-order chi connectivity index (χ0) is 13.3. The molecule has 4 heteroatoms. The molecule has 1 saturated carbocycles. The van der Waals surface area contributed by atoms with Crippen molar-refractivity contribution in [1.82, 2.24) is 4.90 Å². The van der Waals surface area contributed by atoms with Crippen molar-refractivity contribution in [2.45, 2.75) is 24.8 Å². The molecule has 1 aromatic carbocycles. The van der Waals surface area contributed by atoms with E-state index in [0.717, 1.165) is 43.4 Å². The van der Waals surface area contributed by atoms with Gasteiger partial charge in [-0.3, -0.25) is 4.90 Å². The van der Waals surface area contributed by atoms with E-state index in [2.05, 4.69) is 21.9 Å². The van der Waals surface area contributed by atoms with E-state index in [-0.39, 0.29) is 5.54 Å². The standard InChI is InChI=1S/C15H22ClN3/c16-13-4-1-2-5-14(13)19-10-8-18(9-11-19)12-15(17)6-3-7-15/h1-2,4-5H,3,6-12,17H2. The maximum Gasteiger partial charge on any atom is 0.0639 e. The van der Waals surface area contributed by atoms with Crippen molar-refractivity contribution in [2.24, 2.45) is 5.73 Å². The number of halogens is 1. The second kappa shape index (κ2) is 5.31. The summed E-state index contributed by atoms with van der Waals surface area (Å²) in [7, 11) is 0. The van der Waals surface area contributed by atoms with E-state index < -0.39 is 0 Å². The van der Waals surface area contributed by atoms with Gasteiger partial charge >= 0.3 is 0 Å². The fourth-order valence-electron chi connectivity index (χ4n) is 3.09. The lowest BCUT2D eigenvalue weighted by Gasteiger charge is -2.45.